The van der Waals surface area contributed by atoms with Gasteiger partial charge in [-0.05, 0) is 24.3 Å². The van der Waals surface area contributed by atoms with Gasteiger partial charge in [0, 0.05) is 24.4 Å². The number of benzene rings is 1. The van der Waals surface area contributed by atoms with Crippen LogP contribution in [0.5, 0.6) is 11.5 Å². The zero-order valence-corrected chi connectivity index (χ0v) is 11.3. The predicted molar refractivity (Wildman–Crippen MR) is 78.7 cm³/mol. The van der Waals surface area contributed by atoms with Gasteiger partial charge in [-0.15, -0.1) is 0 Å². The van der Waals surface area contributed by atoms with Crippen molar-refractivity contribution in [1.29, 1.82) is 0 Å². The Morgan fingerprint density at radius 2 is 1.95 bits per heavy atom. The number of carbonyl (C=O) groups excluding carboxylic acids is 1. The molecule has 1 aliphatic heterocycles. The van der Waals surface area contributed by atoms with Crippen LogP contribution in [-0.4, -0.2) is 24.1 Å². The van der Waals surface area contributed by atoms with Crippen molar-refractivity contribution >= 4 is 17.4 Å². The van der Waals surface area contributed by atoms with Crippen LogP contribution >= 0.6 is 0 Å². The summed E-state index contributed by atoms with van der Waals surface area (Å²) in [5.74, 6) is 1.46. The first-order valence-electron chi connectivity index (χ1n) is 6.65. The first-order valence-corrected chi connectivity index (χ1v) is 6.65. The normalized spacial score (nSPS) is 13.3. The predicted octanol–water partition coefficient (Wildman–Crippen LogP) is 2.08. The summed E-state index contributed by atoms with van der Waals surface area (Å²) in [5.41, 5.74) is 6.58. The van der Waals surface area contributed by atoms with E-state index in [0.717, 1.165) is 6.42 Å². The van der Waals surface area contributed by atoms with Crippen molar-refractivity contribution in [2.75, 3.05) is 24.3 Å². The van der Waals surface area contributed by atoms with Crippen molar-refractivity contribution in [3.05, 3.63) is 42.1 Å². The molecule has 1 aromatic heterocycles. The molecule has 1 aliphatic rings. The van der Waals surface area contributed by atoms with E-state index in [1.807, 2.05) is 0 Å². The number of anilines is 2. The molecule has 108 valence electrons. The quantitative estimate of drug-likeness (QED) is 0.882. The summed E-state index contributed by atoms with van der Waals surface area (Å²) in [6.45, 7) is 1.24. The zero-order valence-electron chi connectivity index (χ0n) is 11.3. The van der Waals surface area contributed by atoms with Crippen LogP contribution < -0.4 is 20.5 Å². The number of ether oxygens (including phenoxy) is 2. The van der Waals surface area contributed by atoms with Gasteiger partial charge in [0.1, 0.15) is 5.82 Å². The average Bonchev–Trinajstić information content (AvgIpc) is 2.72. The molecule has 3 N–H and O–H groups in total. The number of rotatable bonds is 2. The summed E-state index contributed by atoms with van der Waals surface area (Å²) in [5, 5.41) is 2.79. The molecule has 1 aromatic carbocycles. The first-order chi connectivity index (χ1) is 10.2. The number of nitrogens with zero attached hydrogens (tertiary/aromatic N) is 1. The summed E-state index contributed by atoms with van der Waals surface area (Å²) in [6.07, 6.45) is 2.28. The maximum atomic E-state index is 12.1. The lowest BCUT2D eigenvalue weighted by Gasteiger charge is -2.10. The Balaban J connectivity index is 1.77. The Hall–Kier alpha value is -2.76. The number of nitrogens with one attached hydrogen (secondary N) is 1. The fourth-order valence-corrected chi connectivity index (χ4v) is 1.98. The molecule has 2 heterocycles. The molecule has 0 spiro atoms. The minimum Gasteiger partial charge on any atom is -0.490 e. The molecule has 0 bridgehead atoms. The Labute approximate surface area is 121 Å². The van der Waals surface area contributed by atoms with E-state index < -0.39 is 0 Å². The van der Waals surface area contributed by atoms with E-state index in [1.54, 1.807) is 30.3 Å². The van der Waals surface area contributed by atoms with Crippen molar-refractivity contribution in [2.24, 2.45) is 0 Å². The third-order valence-electron chi connectivity index (χ3n) is 3.05. The number of hydrogen-bond donors (Lipinski definition) is 2. The number of nitrogens with two attached hydrogens (primary N) is 1. The summed E-state index contributed by atoms with van der Waals surface area (Å²) in [4.78, 5) is 16.0. The highest BCUT2D eigenvalue weighted by Gasteiger charge is 2.12. The van der Waals surface area contributed by atoms with Gasteiger partial charge in [-0.2, -0.15) is 0 Å². The lowest BCUT2D eigenvalue weighted by Crippen LogP contribution is -2.12. The molecule has 0 aliphatic carbocycles. The second-order valence-electron chi connectivity index (χ2n) is 4.64. The van der Waals surface area contributed by atoms with E-state index in [2.05, 4.69) is 10.3 Å². The van der Waals surface area contributed by atoms with E-state index in [-0.39, 0.29) is 5.91 Å². The SMILES string of the molecule is Nc1ccc(C(=O)Nc2ccc3c(c2)OCCCO3)cn1. The second-order valence-corrected chi connectivity index (χ2v) is 4.64. The van der Waals surface area contributed by atoms with Gasteiger partial charge in [0.2, 0.25) is 0 Å². The van der Waals surface area contributed by atoms with Crippen LogP contribution in [0.3, 0.4) is 0 Å². The van der Waals surface area contributed by atoms with Crippen LogP contribution in [0.4, 0.5) is 11.5 Å². The number of amides is 1. The van der Waals surface area contributed by atoms with Gasteiger partial charge in [-0.3, -0.25) is 4.79 Å². The smallest absolute Gasteiger partial charge is 0.257 e. The van der Waals surface area contributed by atoms with Gasteiger partial charge < -0.3 is 20.5 Å². The van der Waals surface area contributed by atoms with Crippen LogP contribution in [0.25, 0.3) is 0 Å². The van der Waals surface area contributed by atoms with Crippen molar-refractivity contribution < 1.29 is 14.3 Å². The molecule has 2 aromatic rings. The standard InChI is InChI=1S/C15H15N3O3/c16-14-5-2-10(9-17-14)15(19)18-11-3-4-12-13(8-11)21-7-1-6-20-12/h2-5,8-9H,1,6-7H2,(H2,16,17)(H,18,19). The van der Waals surface area contributed by atoms with Crippen molar-refractivity contribution in [3.63, 3.8) is 0 Å². The fraction of sp³-hybridized carbons (Fsp3) is 0.200. The number of fused-ring (bicyclic) bond motifs is 1. The third-order valence-corrected chi connectivity index (χ3v) is 3.05. The molecule has 0 radical (unpaired) electrons. The fourth-order valence-electron chi connectivity index (χ4n) is 1.98. The highest BCUT2D eigenvalue weighted by atomic mass is 16.5. The second kappa shape index (κ2) is 5.70. The summed E-state index contributed by atoms with van der Waals surface area (Å²) >= 11 is 0. The van der Waals surface area contributed by atoms with Gasteiger partial charge in [-0.25, -0.2) is 4.98 Å². The van der Waals surface area contributed by atoms with Crippen LogP contribution in [0.1, 0.15) is 16.8 Å². The van der Waals surface area contributed by atoms with E-state index >= 15 is 0 Å². The molecule has 0 unspecified atom stereocenters. The van der Waals surface area contributed by atoms with Gasteiger partial charge in [0.15, 0.2) is 11.5 Å². The van der Waals surface area contributed by atoms with Crippen molar-refractivity contribution in [3.8, 4) is 11.5 Å². The van der Waals surface area contributed by atoms with Crippen LogP contribution in [0.15, 0.2) is 36.5 Å². The first kappa shape index (κ1) is 13.2. The molecule has 21 heavy (non-hydrogen) atoms. The lowest BCUT2D eigenvalue weighted by atomic mass is 10.2. The number of pyridine rings is 1. The van der Waals surface area contributed by atoms with Crippen LogP contribution in [0.2, 0.25) is 0 Å². The maximum Gasteiger partial charge on any atom is 0.257 e. The summed E-state index contributed by atoms with van der Waals surface area (Å²) < 4.78 is 11.1. The molecule has 6 nitrogen and oxygen atoms in total. The topological polar surface area (TPSA) is 86.5 Å². The molecule has 0 atom stereocenters. The molecule has 3 rings (SSSR count). The van der Waals surface area contributed by atoms with Gasteiger partial charge in [-0.1, -0.05) is 0 Å². The molecule has 0 saturated heterocycles. The van der Waals surface area contributed by atoms with E-state index in [1.165, 1.54) is 6.20 Å². The lowest BCUT2D eigenvalue weighted by molar-refractivity contribution is 0.102. The highest BCUT2D eigenvalue weighted by Crippen LogP contribution is 2.32. The Morgan fingerprint density at radius 3 is 2.71 bits per heavy atom. The van der Waals surface area contributed by atoms with Gasteiger partial charge >= 0.3 is 0 Å². The Kier molecular flexibility index (Phi) is 3.59. The molecular formula is C15H15N3O3. The molecular weight excluding hydrogens is 270 g/mol. The van der Waals surface area contributed by atoms with Gasteiger partial charge in [0.25, 0.3) is 5.91 Å². The maximum absolute atomic E-state index is 12.1. The Bertz CT molecular complexity index is 656. The average molecular weight is 285 g/mol. The Morgan fingerprint density at radius 1 is 1.14 bits per heavy atom. The number of aromatic nitrogens is 1. The number of carbonyl (C=O) groups is 1. The monoisotopic (exact) mass is 285 g/mol. The molecule has 0 fully saturated rings. The van der Waals surface area contributed by atoms with E-state index in [9.17, 15) is 4.79 Å². The number of hydrogen-bond acceptors (Lipinski definition) is 5. The molecule has 6 heteroatoms. The van der Waals surface area contributed by atoms with E-state index in [0.29, 0.717) is 41.8 Å². The summed E-state index contributed by atoms with van der Waals surface area (Å²) in [6, 6.07) is 8.53. The minimum atomic E-state index is -0.253. The highest BCUT2D eigenvalue weighted by molar-refractivity contribution is 6.04. The van der Waals surface area contributed by atoms with Crippen LogP contribution in [0, 0.1) is 0 Å². The summed E-state index contributed by atoms with van der Waals surface area (Å²) in [7, 11) is 0. The molecule has 1 amide bonds. The van der Waals surface area contributed by atoms with Gasteiger partial charge in [0.05, 0.1) is 18.8 Å². The minimum absolute atomic E-state index is 0.253. The van der Waals surface area contributed by atoms with E-state index in [4.69, 9.17) is 15.2 Å². The van der Waals surface area contributed by atoms with Crippen molar-refractivity contribution in [2.45, 2.75) is 6.42 Å². The third kappa shape index (κ3) is 3.05. The molecule has 0 saturated carbocycles. The van der Waals surface area contributed by atoms with Crippen molar-refractivity contribution in [1.82, 2.24) is 4.98 Å². The zero-order chi connectivity index (χ0) is 14.7. The van der Waals surface area contributed by atoms with Crippen LogP contribution in [-0.2, 0) is 0 Å². The number of nitrogen functional groups attached to an aromatic ring is 1. The largest absolute Gasteiger partial charge is 0.490 e.